The SMILES string of the molecule is CC(C)[C@H](N)C(=O)N[C@@H](Cc1c[nH]c2ccccc12)C(=O)N[C@H](C(=O)N[C@@H](Cc1c[nH]c2ccccc12)C(=O)N[C@@H](CCCCN)C(=O)N[C@@H](CCCCN)C(=O)N[C@@H](CCCCN)C(=O)O)C(C)C. The Bertz CT molecular complexity index is 2350. The van der Waals surface area contributed by atoms with Crippen molar-refractivity contribution in [2.75, 3.05) is 19.6 Å². The molecule has 0 saturated heterocycles. The van der Waals surface area contributed by atoms with Gasteiger partial charge in [0.05, 0.1) is 6.04 Å². The van der Waals surface area contributed by atoms with Gasteiger partial charge >= 0.3 is 5.97 Å². The standard InChI is InChI=1S/C50H76N12O8/c1-29(2)42(54)48(67)60-41(26-32-28-56-36-18-8-6-16-34(32)36)47(66)62-43(30(3)4)49(68)61-40(25-31-27-55-35-17-7-5-15-33(31)35)46(65)58-37(19-9-12-22-51)44(63)57-38(20-10-13-23-52)45(64)59-39(50(69)70)21-11-14-24-53/h5-8,15-18,27-30,37-43,55-56H,9-14,19-26,51-54H2,1-4H3,(H,57,63)(H,58,65)(H,59,64)(H,60,67)(H,61,68)(H,62,66)(H,69,70)/t37-,38-,39-,40-,41-,42-,43-/m0/s1. The van der Waals surface area contributed by atoms with Crippen LogP contribution in [0.25, 0.3) is 21.8 Å². The van der Waals surface area contributed by atoms with Crippen molar-refractivity contribution in [2.24, 2.45) is 34.8 Å². The van der Waals surface area contributed by atoms with E-state index in [0.717, 1.165) is 27.4 Å². The van der Waals surface area contributed by atoms with Gasteiger partial charge < -0.3 is 69.9 Å². The number of aliphatic carboxylic acids is 1. The molecule has 20 nitrogen and oxygen atoms in total. The summed E-state index contributed by atoms with van der Waals surface area (Å²) in [6.45, 7) is 8.06. The molecule has 384 valence electrons. The van der Waals surface area contributed by atoms with E-state index in [-0.39, 0.29) is 38.0 Å². The molecule has 70 heavy (non-hydrogen) atoms. The van der Waals surface area contributed by atoms with E-state index in [1.54, 1.807) is 40.1 Å². The Hall–Kier alpha value is -6.35. The number of fused-ring (bicyclic) bond motifs is 2. The lowest BCUT2D eigenvalue weighted by molar-refractivity contribution is -0.142. The molecule has 4 aromatic rings. The number of aromatic amines is 2. The Morgan fingerprint density at radius 3 is 1.27 bits per heavy atom. The number of carbonyl (C=O) groups is 7. The highest BCUT2D eigenvalue weighted by atomic mass is 16.4. The molecule has 0 unspecified atom stereocenters. The second-order valence-corrected chi connectivity index (χ2v) is 18.6. The molecule has 0 fully saturated rings. The second kappa shape index (κ2) is 28.3. The summed E-state index contributed by atoms with van der Waals surface area (Å²) in [7, 11) is 0. The number of carboxylic acid groups (broad SMARTS) is 1. The van der Waals surface area contributed by atoms with Crippen molar-refractivity contribution in [2.45, 2.75) is 141 Å². The van der Waals surface area contributed by atoms with Crippen molar-refractivity contribution in [3.63, 3.8) is 0 Å². The molecule has 2 heterocycles. The fourth-order valence-corrected chi connectivity index (χ4v) is 8.17. The molecule has 4 rings (SSSR count). The third-order valence-corrected chi connectivity index (χ3v) is 12.5. The summed E-state index contributed by atoms with van der Waals surface area (Å²) in [6.07, 6.45) is 6.87. The minimum Gasteiger partial charge on any atom is -0.480 e. The average molecular weight is 973 g/mol. The fourth-order valence-electron chi connectivity index (χ4n) is 8.17. The number of aromatic nitrogens is 2. The Morgan fingerprint density at radius 1 is 0.486 bits per heavy atom. The van der Waals surface area contributed by atoms with Crippen LogP contribution in [-0.4, -0.2) is 118 Å². The van der Waals surface area contributed by atoms with Crippen LogP contribution in [0, 0.1) is 11.8 Å². The number of hydrogen-bond acceptors (Lipinski definition) is 11. The highest BCUT2D eigenvalue weighted by Crippen LogP contribution is 2.22. The maximum atomic E-state index is 14.7. The van der Waals surface area contributed by atoms with E-state index in [2.05, 4.69) is 41.9 Å². The third-order valence-electron chi connectivity index (χ3n) is 12.5. The molecule has 0 aliphatic rings. The van der Waals surface area contributed by atoms with Crippen LogP contribution in [0.4, 0.5) is 0 Å². The molecule has 17 N–H and O–H groups in total. The fraction of sp³-hybridized carbons (Fsp3) is 0.540. The van der Waals surface area contributed by atoms with Gasteiger partial charge in [0.2, 0.25) is 35.4 Å². The van der Waals surface area contributed by atoms with Crippen LogP contribution in [0.5, 0.6) is 0 Å². The monoisotopic (exact) mass is 973 g/mol. The molecule has 0 aliphatic carbocycles. The summed E-state index contributed by atoms with van der Waals surface area (Å²) in [5.41, 5.74) is 26.4. The van der Waals surface area contributed by atoms with Crippen molar-refractivity contribution >= 4 is 63.2 Å². The third kappa shape index (κ3) is 16.7. The molecule has 0 bridgehead atoms. The van der Waals surface area contributed by atoms with Crippen LogP contribution in [-0.2, 0) is 46.4 Å². The molecule has 7 atom stereocenters. The van der Waals surface area contributed by atoms with Crippen LogP contribution >= 0.6 is 0 Å². The molecule has 0 saturated carbocycles. The summed E-state index contributed by atoms with van der Waals surface area (Å²) in [6, 6.07) is 6.83. The molecule has 2 aromatic heterocycles. The highest BCUT2D eigenvalue weighted by Gasteiger charge is 2.35. The first kappa shape index (κ1) is 56.2. The number of benzene rings is 2. The van der Waals surface area contributed by atoms with Gasteiger partial charge in [-0.15, -0.1) is 0 Å². The largest absolute Gasteiger partial charge is 0.480 e. The number of carbonyl (C=O) groups excluding carboxylic acids is 6. The van der Waals surface area contributed by atoms with Crippen molar-refractivity contribution in [1.29, 1.82) is 0 Å². The lowest BCUT2D eigenvalue weighted by Gasteiger charge is -2.29. The summed E-state index contributed by atoms with van der Waals surface area (Å²) >= 11 is 0. The Labute approximate surface area is 409 Å². The summed E-state index contributed by atoms with van der Waals surface area (Å²) in [4.78, 5) is 103. The summed E-state index contributed by atoms with van der Waals surface area (Å²) < 4.78 is 0. The van der Waals surface area contributed by atoms with Crippen LogP contribution in [0.15, 0.2) is 60.9 Å². The van der Waals surface area contributed by atoms with E-state index in [0.29, 0.717) is 63.7 Å². The molecular formula is C50H76N12O8. The Morgan fingerprint density at radius 2 is 0.857 bits per heavy atom. The number of unbranched alkanes of at least 4 members (excludes halogenated alkanes) is 3. The summed E-state index contributed by atoms with van der Waals surface area (Å²) in [5.74, 6) is -5.96. The molecular weight excluding hydrogens is 897 g/mol. The molecule has 0 spiro atoms. The number of para-hydroxylation sites is 2. The first-order valence-electron chi connectivity index (χ1n) is 24.5. The van der Waals surface area contributed by atoms with Crippen LogP contribution in [0.2, 0.25) is 0 Å². The number of rotatable bonds is 31. The number of amides is 6. The number of nitrogens with one attached hydrogen (secondary N) is 8. The first-order valence-corrected chi connectivity index (χ1v) is 24.5. The predicted octanol–water partition coefficient (Wildman–Crippen LogP) is 1.45. The van der Waals surface area contributed by atoms with Gasteiger partial charge in [0.25, 0.3) is 0 Å². The second-order valence-electron chi connectivity index (χ2n) is 18.6. The van der Waals surface area contributed by atoms with Crippen LogP contribution < -0.4 is 54.8 Å². The predicted molar refractivity (Wildman–Crippen MR) is 270 cm³/mol. The van der Waals surface area contributed by atoms with Crippen molar-refractivity contribution in [1.82, 2.24) is 41.9 Å². The first-order chi connectivity index (χ1) is 33.5. The molecule has 20 heteroatoms. The number of carboxylic acids is 1. The van der Waals surface area contributed by atoms with Gasteiger partial charge in [0, 0.05) is 47.0 Å². The molecule has 6 amide bonds. The topological polar surface area (TPSA) is 348 Å². The Kier molecular flexibility index (Phi) is 22.8. The maximum absolute atomic E-state index is 14.7. The molecule has 0 radical (unpaired) electrons. The van der Waals surface area contributed by atoms with Gasteiger partial charge in [-0.25, -0.2) is 4.79 Å². The van der Waals surface area contributed by atoms with Crippen LogP contribution in [0.1, 0.15) is 96.6 Å². The zero-order chi connectivity index (χ0) is 51.3. The van der Waals surface area contributed by atoms with Gasteiger partial charge in [-0.2, -0.15) is 0 Å². The number of nitrogens with two attached hydrogens (primary N) is 4. The molecule has 2 aromatic carbocycles. The van der Waals surface area contributed by atoms with Gasteiger partial charge in [0.1, 0.15) is 36.3 Å². The van der Waals surface area contributed by atoms with Crippen molar-refractivity contribution in [3.8, 4) is 0 Å². The Balaban J connectivity index is 1.64. The highest BCUT2D eigenvalue weighted by molar-refractivity contribution is 5.98. The van der Waals surface area contributed by atoms with Gasteiger partial charge in [-0.1, -0.05) is 64.1 Å². The average Bonchev–Trinajstić information content (AvgIpc) is 3.94. The smallest absolute Gasteiger partial charge is 0.326 e. The van der Waals surface area contributed by atoms with E-state index in [9.17, 15) is 38.7 Å². The lowest BCUT2D eigenvalue weighted by Crippen LogP contribution is -2.61. The number of hydrogen-bond donors (Lipinski definition) is 13. The minimum atomic E-state index is -1.30. The van der Waals surface area contributed by atoms with Crippen LogP contribution in [0.3, 0.4) is 0 Å². The van der Waals surface area contributed by atoms with Gasteiger partial charge in [-0.05, 0) is 113 Å². The summed E-state index contributed by atoms with van der Waals surface area (Å²) in [5, 5.41) is 28.2. The van der Waals surface area contributed by atoms with Crippen molar-refractivity contribution in [3.05, 3.63) is 72.1 Å². The lowest BCUT2D eigenvalue weighted by atomic mass is 9.98. The van der Waals surface area contributed by atoms with E-state index in [4.69, 9.17) is 22.9 Å². The zero-order valence-electron chi connectivity index (χ0n) is 41.0. The zero-order valence-corrected chi connectivity index (χ0v) is 41.0. The minimum absolute atomic E-state index is 0.0331. The normalized spacial score (nSPS) is 14.5. The van der Waals surface area contributed by atoms with Gasteiger partial charge in [-0.3, -0.25) is 28.8 Å². The van der Waals surface area contributed by atoms with E-state index in [1.165, 1.54) is 0 Å². The van der Waals surface area contributed by atoms with E-state index in [1.807, 2.05) is 48.5 Å². The maximum Gasteiger partial charge on any atom is 0.326 e. The van der Waals surface area contributed by atoms with E-state index >= 15 is 0 Å². The van der Waals surface area contributed by atoms with Crippen molar-refractivity contribution < 1.29 is 38.7 Å². The molecule has 0 aliphatic heterocycles. The van der Waals surface area contributed by atoms with Gasteiger partial charge in [0.15, 0.2) is 0 Å². The van der Waals surface area contributed by atoms with E-state index < -0.39 is 89.6 Å². The quantitative estimate of drug-likeness (QED) is 0.0319. The number of H-pyrrole nitrogens is 2.